The third kappa shape index (κ3) is 4.03. The van der Waals surface area contributed by atoms with Crippen LogP contribution in [0.4, 0.5) is 0 Å². The highest BCUT2D eigenvalue weighted by Gasteiger charge is 2.15. The highest BCUT2D eigenvalue weighted by atomic mass is 35.5. The maximum Gasteiger partial charge on any atom is 0.342 e. The Labute approximate surface area is 150 Å². The number of rotatable bonds is 6. The SMILES string of the molecule is COc1cc2ccccc2cc1C(=O)OCCOc1ccccc1Cl. The first-order valence-corrected chi connectivity index (χ1v) is 8.18. The van der Waals surface area contributed by atoms with Gasteiger partial charge in [0.1, 0.15) is 30.3 Å². The second-order valence-electron chi connectivity index (χ2n) is 5.31. The Kier molecular flexibility index (Phi) is 5.41. The summed E-state index contributed by atoms with van der Waals surface area (Å²) in [6.45, 7) is 0.325. The van der Waals surface area contributed by atoms with E-state index in [1.807, 2.05) is 42.5 Å². The molecule has 0 unspecified atom stereocenters. The Morgan fingerprint density at radius 3 is 2.32 bits per heavy atom. The summed E-state index contributed by atoms with van der Waals surface area (Å²) in [5.74, 6) is 0.588. The summed E-state index contributed by atoms with van der Waals surface area (Å²) in [6.07, 6.45) is 0. The van der Waals surface area contributed by atoms with Gasteiger partial charge in [-0.05, 0) is 35.0 Å². The van der Waals surface area contributed by atoms with Crippen molar-refractivity contribution in [2.45, 2.75) is 0 Å². The quantitative estimate of drug-likeness (QED) is 0.473. The molecule has 0 radical (unpaired) electrons. The molecule has 4 nitrogen and oxygen atoms in total. The maximum absolute atomic E-state index is 12.4. The summed E-state index contributed by atoms with van der Waals surface area (Å²) >= 11 is 6.01. The average molecular weight is 357 g/mol. The van der Waals surface area contributed by atoms with Gasteiger partial charge in [0.25, 0.3) is 0 Å². The van der Waals surface area contributed by atoms with Gasteiger partial charge in [-0.2, -0.15) is 0 Å². The van der Waals surface area contributed by atoms with Crippen molar-refractivity contribution in [2.24, 2.45) is 0 Å². The minimum absolute atomic E-state index is 0.111. The molecule has 0 saturated heterocycles. The van der Waals surface area contributed by atoms with Crippen molar-refractivity contribution >= 4 is 28.3 Å². The summed E-state index contributed by atoms with van der Waals surface area (Å²) in [5, 5.41) is 2.46. The number of hydrogen-bond donors (Lipinski definition) is 0. The zero-order chi connectivity index (χ0) is 17.6. The second kappa shape index (κ2) is 7.90. The van der Waals surface area contributed by atoms with Gasteiger partial charge in [0.2, 0.25) is 0 Å². The molecule has 0 N–H and O–H groups in total. The molecular weight excluding hydrogens is 340 g/mol. The van der Waals surface area contributed by atoms with Crippen LogP contribution in [0.2, 0.25) is 5.02 Å². The van der Waals surface area contributed by atoms with Gasteiger partial charge in [-0.15, -0.1) is 0 Å². The van der Waals surface area contributed by atoms with Crippen LogP contribution in [0.15, 0.2) is 60.7 Å². The van der Waals surface area contributed by atoms with Crippen LogP contribution in [-0.2, 0) is 4.74 Å². The fraction of sp³-hybridized carbons (Fsp3) is 0.150. The molecule has 0 aliphatic heterocycles. The van der Waals surface area contributed by atoms with Crippen molar-refractivity contribution in [3.05, 3.63) is 71.2 Å². The van der Waals surface area contributed by atoms with E-state index in [9.17, 15) is 4.79 Å². The number of carbonyl (C=O) groups excluding carboxylic acids is 1. The Morgan fingerprint density at radius 1 is 0.920 bits per heavy atom. The van der Waals surface area contributed by atoms with Crippen LogP contribution in [0.1, 0.15) is 10.4 Å². The van der Waals surface area contributed by atoms with Gasteiger partial charge in [0, 0.05) is 0 Å². The standard InChI is InChI=1S/C20H17ClO4/c1-23-19-13-15-7-3-2-6-14(15)12-16(19)20(22)25-11-10-24-18-9-5-4-8-17(18)21/h2-9,12-13H,10-11H2,1H3. The number of para-hydroxylation sites is 1. The molecule has 3 rings (SSSR count). The Bertz CT molecular complexity index is 892. The highest BCUT2D eigenvalue weighted by molar-refractivity contribution is 6.32. The number of fused-ring (bicyclic) bond motifs is 1. The lowest BCUT2D eigenvalue weighted by atomic mass is 10.1. The van der Waals surface area contributed by atoms with E-state index >= 15 is 0 Å². The predicted molar refractivity (Wildman–Crippen MR) is 97.7 cm³/mol. The highest BCUT2D eigenvalue weighted by Crippen LogP contribution is 2.27. The third-order valence-corrected chi connectivity index (χ3v) is 4.01. The zero-order valence-electron chi connectivity index (χ0n) is 13.7. The molecule has 3 aromatic carbocycles. The van der Waals surface area contributed by atoms with E-state index in [0.717, 1.165) is 10.8 Å². The fourth-order valence-electron chi connectivity index (χ4n) is 2.47. The number of methoxy groups -OCH3 is 1. The lowest BCUT2D eigenvalue weighted by Crippen LogP contribution is -2.13. The van der Waals surface area contributed by atoms with Crippen LogP contribution >= 0.6 is 11.6 Å². The van der Waals surface area contributed by atoms with Crippen molar-refractivity contribution in [3.63, 3.8) is 0 Å². The molecule has 128 valence electrons. The van der Waals surface area contributed by atoms with Crippen LogP contribution in [0.25, 0.3) is 10.8 Å². The van der Waals surface area contributed by atoms with Crippen LogP contribution in [0.5, 0.6) is 11.5 Å². The van der Waals surface area contributed by atoms with Crippen LogP contribution < -0.4 is 9.47 Å². The Morgan fingerprint density at radius 2 is 1.60 bits per heavy atom. The topological polar surface area (TPSA) is 44.8 Å². The predicted octanol–water partition coefficient (Wildman–Crippen LogP) is 4.74. The average Bonchev–Trinajstić information content (AvgIpc) is 2.65. The number of benzene rings is 3. The molecule has 25 heavy (non-hydrogen) atoms. The molecule has 0 bridgehead atoms. The smallest absolute Gasteiger partial charge is 0.342 e. The maximum atomic E-state index is 12.4. The van der Waals surface area contributed by atoms with Gasteiger partial charge in [0.05, 0.1) is 12.1 Å². The van der Waals surface area contributed by atoms with Gasteiger partial charge in [-0.25, -0.2) is 4.79 Å². The number of halogens is 1. The summed E-state index contributed by atoms with van der Waals surface area (Å²) in [7, 11) is 1.53. The lowest BCUT2D eigenvalue weighted by molar-refractivity contribution is 0.0447. The summed E-state index contributed by atoms with van der Waals surface area (Å²) in [6, 6.07) is 18.5. The first kappa shape index (κ1) is 17.1. The molecule has 0 atom stereocenters. The van der Waals surface area contributed by atoms with E-state index in [0.29, 0.717) is 22.1 Å². The van der Waals surface area contributed by atoms with Crippen molar-refractivity contribution < 1.29 is 19.0 Å². The normalized spacial score (nSPS) is 10.5. The largest absolute Gasteiger partial charge is 0.496 e. The van der Waals surface area contributed by atoms with E-state index in [-0.39, 0.29) is 13.2 Å². The number of hydrogen-bond acceptors (Lipinski definition) is 4. The van der Waals surface area contributed by atoms with E-state index in [2.05, 4.69) is 0 Å². The lowest BCUT2D eigenvalue weighted by Gasteiger charge is -2.11. The molecule has 3 aromatic rings. The second-order valence-corrected chi connectivity index (χ2v) is 5.72. The van der Waals surface area contributed by atoms with Gasteiger partial charge in [-0.1, -0.05) is 48.0 Å². The number of ether oxygens (including phenoxy) is 3. The summed E-state index contributed by atoms with van der Waals surface area (Å²) in [4.78, 5) is 12.4. The molecule has 0 aromatic heterocycles. The van der Waals surface area contributed by atoms with E-state index in [1.54, 1.807) is 18.2 Å². The van der Waals surface area contributed by atoms with Gasteiger partial charge in [-0.3, -0.25) is 0 Å². The minimum Gasteiger partial charge on any atom is -0.496 e. The van der Waals surface area contributed by atoms with Crippen molar-refractivity contribution in [1.29, 1.82) is 0 Å². The van der Waals surface area contributed by atoms with Gasteiger partial charge >= 0.3 is 5.97 Å². The summed E-state index contributed by atoms with van der Waals surface area (Å²) < 4.78 is 16.1. The monoisotopic (exact) mass is 356 g/mol. The third-order valence-electron chi connectivity index (χ3n) is 3.70. The Balaban J connectivity index is 1.65. The van der Waals surface area contributed by atoms with Crippen molar-refractivity contribution in [1.82, 2.24) is 0 Å². The van der Waals surface area contributed by atoms with Crippen molar-refractivity contribution in [2.75, 3.05) is 20.3 Å². The molecule has 0 amide bonds. The fourth-order valence-corrected chi connectivity index (χ4v) is 2.66. The summed E-state index contributed by atoms with van der Waals surface area (Å²) in [5.41, 5.74) is 0.388. The van der Waals surface area contributed by atoms with E-state index < -0.39 is 5.97 Å². The minimum atomic E-state index is -0.453. The molecule has 0 saturated carbocycles. The van der Waals surface area contributed by atoms with Gasteiger partial charge in [0.15, 0.2) is 0 Å². The molecule has 0 fully saturated rings. The number of esters is 1. The zero-order valence-corrected chi connectivity index (χ0v) is 14.5. The Hall–Kier alpha value is -2.72. The molecular formula is C20H17ClO4. The van der Waals surface area contributed by atoms with Crippen LogP contribution in [0, 0.1) is 0 Å². The van der Waals surface area contributed by atoms with E-state index in [4.69, 9.17) is 25.8 Å². The first-order chi connectivity index (χ1) is 12.2. The molecule has 0 aliphatic rings. The van der Waals surface area contributed by atoms with Crippen LogP contribution in [0.3, 0.4) is 0 Å². The van der Waals surface area contributed by atoms with Crippen molar-refractivity contribution in [3.8, 4) is 11.5 Å². The molecule has 0 aliphatic carbocycles. The van der Waals surface area contributed by atoms with Crippen LogP contribution in [-0.4, -0.2) is 26.3 Å². The molecule has 5 heteroatoms. The number of carbonyl (C=O) groups is 1. The van der Waals surface area contributed by atoms with E-state index in [1.165, 1.54) is 7.11 Å². The van der Waals surface area contributed by atoms with Gasteiger partial charge < -0.3 is 14.2 Å². The molecule has 0 heterocycles. The molecule has 0 spiro atoms. The first-order valence-electron chi connectivity index (χ1n) is 7.80.